The second kappa shape index (κ2) is 5.92. The van der Waals surface area contributed by atoms with Gasteiger partial charge in [0.1, 0.15) is 0 Å². The largest absolute Gasteiger partial charge is 0.283 e. The molecule has 0 amide bonds. The number of rotatable bonds is 4. The van der Waals surface area contributed by atoms with Crippen molar-refractivity contribution < 1.29 is 8.78 Å². The molecule has 0 spiro atoms. The van der Waals surface area contributed by atoms with Crippen molar-refractivity contribution in [3.63, 3.8) is 0 Å². The molecule has 0 atom stereocenters. The standard InChI is InChI=1S/C14H16F2N2/c15-13-6-5-11(9-14(13)16)10-18(8-7-17)12-3-1-2-4-12/h5-6,9,12H,1-4,8,10H2. The Balaban J connectivity index is 2.07. The molecule has 4 heteroatoms. The summed E-state index contributed by atoms with van der Waals surface area (Å²) in [4.78, 5) is 2.06. The van der Waals surface area contributed by atoms with Crippen LogP contribution < -0.4 is 0 Å². The summed E-state index contributed by atoms with van der Waals surface area (Å²) < 4.78 is 26.0. The Bertz CT molecular complexity index is 448. The van der Waals surface area contributed by atoms with E-state index in [1.54, 1.807) is 6.07 Å². The average molecular weight is 250 g/mol. The summed E-state index contributed by atoms with van der Waals surface area (Å²) >= 11 is 0. The fraction of sp³-hybridized carbons (Fsp3) is 0.500. The molecule has 0 unspecified atom stereocenters. The Morgan fingerprint density at radius 1 is 1.22 bits per heavy atom. The first-order valence-corrected chi connectivity index (χ1v) is 6.25. The summed E-state index contributed by atoms with van der Waals surface area (Å²) in [6.45, 7) is 0.846. The van der Waals surface area contributed by atoms with Gasteiger partial charge in [0.15, 0.2) is 11.6 Å². The monoisotopic (exact) mass is 250 g/mol. The third-order valence-corrected chi connectivity index (χ3v) is 3.48. The van der Waals surface area contributed by atoms with Crippen LogP contribution in [0.4, 0.5) is 8.78 Å². The lowest BCUT2D eigenvalue weighted by Crippen LogP contribution is -2.33. The Morgan fingerprint density at radius 3 is 2.56 bits per heavy atom. The van der Waals surface area contributed by atoms with Crippen LogP contribution in [0.5, 0.6) is 0 Å². The maximum absolute atomic E-state index is 13.1. The molecular formula is C14H16F2N2. The van der Waals surface area contributed by atoms with E-state index >= 15 is 0 Å². The third kappa shape index (κ3) is 3.05. The van der Waals surface area contributed by atoms with Crippen molar-refractivity contribution in [3.05, 3.63) is 35.4 Å². The number of nitrogens with zero attached hydrogens (tertiary/aromatic N) is 2. The van der Waals surface area contributed by atoms with E-state index in [9.17, 15) is 8.78 Å². The Kier molecular flexibility index (Phi) is 4.27. The lowest BCUT2D eigenvalue weighted by atomic mass is 10.1. The van der Waals surface area contributed by atoms with Gasteiger partial charge in [-0.25, -0.2) is 8.78 Å². The van der Waals surface area contributed by atoms with Crippen LogP contribution in [0.3, 0.4) is 0 Å². The second-order valence-electron chi connectivity index (χ2n) is 4.75. The maximum atomic E-state index is 13.1. The molecule has 0 bridgehead atoms. The van der Waals surface area contributed by atoms with Gasteiger partial charge in [0.05, 0.1) is 12.6 Å². The molecule has 0 N–H and O–H groups in total. The van der Waals surface area contributed by atoms with Crippen molar-refractivity contribution in [3.8, 4) is 6.07 Å². The zero-order chi connectivity index (χ0) is 13.0. The predicted octanol–water partition coefficient (Wildman–Crippen LogP) is 3.23. The first kappa shape index (κ1) is 13.0. The van der Waals surface area contributed by atoms with Gasteiger partial charge in [-0.15, -0.1) is 0 Å². The van der Waals surface area contributed by atoms with Crippen LogP contribution >= 0.6 is 0 Å². The predicted molar refractivity (Wildman–Crippen MR) is 64.6 cm³/mol. The molecule has 0 heterocycles. The Morgan fingerprint density at radius 2 is 1.94 bits per heavy atom. The van der Waals surface area contributed by atoms with E-state index in [2.05, 4.69) is 11.0 Å². The quantitative estimate of drug-likeness (QED) is 0.767. The number of benzene rings is 1. The zero-order valence-electron chi connectivity index (χ0n) is 10.2. The van der Waals surface area contributed by atoms with Gasteiger partial charge in [0.25, 0.3) is 0 Å². The SMILES string of the molecule is N#CCN(Cc1ccc(F)c(F)c1)C1CCCC1. The van der Waals surface area contributed by atoms with E-state index in [1.165, 1.54) is 18.9 Å². The van der Waals surface area contributed by atoms with Crippen LogP contribution in [0.1, 0.15) is 31.2 Å². The van der Waals surface area contributed by atoms with Crippen molar-refractivity contribution in [2.75, 3.05) is 6.54 Å². The van der Waals surface area contributed by atoms with Crippen molar-refractivity contribution in [2.45, 2.75) is 38.3 Å². The number of hydrogen-bond acceptors (Lipinski definition) is 2. The average Bonchev–Trinajstić information content (AvgIpc) is 2.87. The maximum Gasteiger partial charge on any atom is 0.159 e. The molecule has 1 aromatic carbocycles. The summed E-state index contributed by atoms with van der Waals surface area (Å²) in [7, 11) is 0. The van der Waals surface area contributed by atoms with Gasteiger partial charge < -0.3 is 0 Å². The highest BCUT2D eigenvalue weighted by Gasteiger charge is 2.22. The lowest BCUT2D eigenvalue weighted by molar-refractivity contribution is 0.214. The van der Waals surface area contributed by atoms with Gasteiger partial charge >= 0.3 is 0 Å². The molecule has 1 aromatic rings. The minimum absolute atomic E-state index is 0.337. The number of nitriles is 1. The third-order valence-electron chi connectivity index (χ3n) is 3.48. The molecule has 0 aliphatic heterocycles. The van der Waals surface area contributed by atoms with Crippen molar-refractivity contribution in [2.24, 2.45) is 0 Å². The smallest absolute Gasteiger partial charge is 0.159 e. The number of halogens is 2. The highest BCUT2D eigenvalue weighted by Crippen LogP contribution is 2.24. The van der Waals surface area contributed by atoms with Crippen LogP contribution in [-0.2, 0) is 6.54 Å². The van der Waals surface area contributed by atoms with Crippen LogP contribution in [0.15, 0.2) is 18.2 Å². The van der Waals surface area contributed by atoms with Crippen LogP contribution in [-0.4, -0.2) is 17.5 Å². The molecule has 1 aliphatic carbocycles. The molecule has 0 saturated heterocycles. The van der Waals surface area contributed by atoms with E-state index in [1.807, 2.05) is 0 Å². The fourth-order valence-electron chi connectivity index (χ4n) is 2.55. The van der Waals surface area contributed by atoms with Crippen molar-refractivity contribution in [1.82, 2.24) is 4.90 Å². The van der Waals surface area contributed by atoms with Gasteiger partial charge in [0.2, 0.25) is 0 Å². The normalized spacial score (nSPS) is 16.1. The molecule has 1 saturated carbocycles. The van der Waals surface area contributed by atoms with Crippen molar-refractivity contribution >= 4 is 0 Å². The fourth-order valence-corrected chi connectivity index (χ4v) is 2.55. The summed E-state index contributed by atoms with van der Waals surface area (Å²) in [5.74, 6) is -1.65. The van der Waals surface area contributed by atoms with Gasteiger partial charge in [-0.1, -0.05) is 18.9 Å². The molecular weight excluding hydrogens is 234 g/mol. The molecule has 0 aromatic heterocycles. The summed E-state index contributed by atoms with van der Waals surface area (Å²) in [5.41, 5.74) is 0.719. The first-order valence-electron chi connectivity index (χ1n) is 6.25. The molecule has 1 fully saturated rings. The molecule has 0 radical (unpaired) electrons. The zero-order valence-corrected chi connectivity index (χ0v) is 10.2. The topological polar surface area (TPSA) is 27.0 Å². The van der Waals surface area contributed by atoms with E-state index in [-0.39, 0.29) is 0 Å². The minimum atomic E-state index is -0.827. The van der Waals surface area contributed by atoms with Gasteiger partial charge in [-0.2, -0.15) is 5.26 Å². The van der Waals surface area contributed by atoms with E-state index in [0.717, 1.165) is 24.5 Å². The lowest BCUT2D eigenvalue weighted by Gasteiger charge is -2.26. The molecule has 1 aliphatic rings. The van der Waals surface area contributed by atoms with Gasteiger partial charge in [-0.3, -0.25) is 4.90 Å². The van der Waals surface area contributed by atoms with E-state index < -0.39 is 11.6 Å². The number of hydrogen-bond donors (Lipinski definition) is 0. The van der Waals surface area contributed by atoms with E-state index in [4.69, 9.17) is 5.26 Å². The first-order chi connectivity index (χ1) is 8.70. The van der Waals surface area contributed by atoms with Crippen LogP contribution in [0, 0.1) is 23.0 Å². The Hall–Kier alpha value is -1.47. The second-order valence-corrected chi connectivity index (χ2v) is 4.75. The van der Waals surface area contributed by atoms with Crippen molar-refractivity contribution in [1.29, 1.82) is 5.26 Å². The van der Waals surface area contributed by atoms with Gasteiger partial charge in [-0.05, 0) is 30.5 Å². The van der Waals surface area contributed by atoms with Gasteiger partial charge in [0, 0.05) is 12.6 Å². The molecule has 18 heavy (non-hydrogen) atoms. The molecule has 96 valence electrons. The highest BCUT2D eigenvalue weighted by molar-refractivity contribution is 5.18. The van der Waals surface area contributed by atoms with E-state index in [0.29, 0.717) is 19.1 Å². The highest BCUT2D eigenvalue weighted by atomic mass is 19.2. The summed E-state index contributed by atoms with van der Waals surface area (Å²) in [5, 5.41) is 8.85. The van der Waals surface area contributed by atoms with Crippen LogP contribution in [0.2, 0.25) is 0 Å². The minimum Gasteiger partial charge on any atom is -0.283 e. The Labute approximate surface area is 106 Å². The summed E-state index contributed by atoms with van der Waals surface area (Å²) in [6.07, 6.45) is 4.55. The molecule has 2 nitrogen and oxygen atoms in total. The summed E-state index contributed by atoms with van der Waals surface area (Å²) in [6, 6.07) is 6.49. The molecule has 2 rings (SSSR count). The van der Waals surface area contributed by atoms with Crippen LogP contribution in [0.25, 0.3) is 0 Å².